The minimum Gasteiger partial charge on any atom is -0.351 e. The molecule has 94 valence electrons. The van der Waals surface area contributed by atoms with E-state index in [0.29, 0.717) is 18.9 Å². The molecule has 0 radical (unpaired) electrons. The number of benzene rings is 1. The SMILES string of the molecule is O=C1CCNC1C(=O)N[C@H]1CC1c1ccccc1. The highest BCUT2D eigenvalue weighted by atomic mass is 16.2. The Kier molecular flexibility index (Phi) is 2.88. The van der Waals surface area contributed by atoms with Crippen LogP contribution >= 0.6 is 0 Å². The van der Waals surface area contributed by atoms with Crippen molar-refractivity contribution in [2.75, 3.05) is 6.54 Å². The van der Waals surface area contributed by atoms with E-state index >= 15 is 0 Å². The first kappa shape index (κ1) is 11.4. The molecule has 1 heterocycles. The van der Waals surface area contributed by atoms with Crippen LogP contribution in [0, 0.1) is 0 Å². The fourth-order valence-electron chi connectivity index (χ4n) is 2.53. The Hall–Kier alpha value is -1.68. The van der Waals surface area contributed by atoms with E-state index in [1.54, 1.807) is 0 Å². The Morgan fingerprint density at radius 2 is 2.06 bits per heavy atom. The van der Waals surface area contributed by atoms with Crippen LogP contribution in [0.15, 0.2) is 30.3 Å². The van der Waals surface area contributed by atoms with Gasteiger partial charge < -0.3 is 5.32 Å². The maximum atomic E-state index is 11.9. The van der Waals surface area contributed by atoms with Crippen molar-refractivity contribution in [3.8, 4) is 0 Å². The van der Waals surface area contributed by atoms with Gasteiger partial charge >= 0.3 is 0 Å². The van der Waals surface area contributed by atoms with Gasteiger partial charge in [-0.2, -0.15) is 0 Å². The number of hydrogen-bond acceptors (Lipinski definition) is 3. The standard InChI is InChI=1S/C14H16N2O2/c17-12-6-7-15-13(12)14(18)16-11-8-10(11)9-4-2-1-3-5-9/h1-5,10-11,13,15H,6-8H2,(H,16,18)/t10?,11-,13?/m0/s1. The summed E-state index contributed by atoms with van der Waals surface area (Å²) in [5, 5.41) is 5.88. The molecule has 2 aliphatic rings. The zero-order chi connectivity index (χ0) is 12.5. The van der Waals surface area contributed by atoms with Crippen molar-refractivity contribution in [2.45, 2.75) is 30.8 Å². The lowest BCUT2D eigenvalue weighted by atomic mass is 10.1. The first-order valence-electron chi connectivity index (χ1n) is 6.37. The van der Waals surface area contributed by atoms with Crippen molar-refractivity contribution in [1.82, 2.24) is 10.6 Å². The molecule has 4 heteroatoms. The van der Waals surface area contributed by atoms with E-state index in [0.717, 1.165) is 6.42 Å². The monoisotopic (exact) mass is 244 g/mol. The molecule has 2 N–H and O–H groups in total. The Morgan fingerprint density at radius 1 is 1.28 bits per heavy atom. The maximum Gasteiger partial charge on any atom is 0.245 e. The molecule has 1 aliphatic heterocycles. The van der Waals surface area contributed by atoms with Crippen LogP contribution in [-0.4, -0.2) is 30.3 Å². The van der Waals surface area contributed by atoms with E-state index in [1.807, 2.05) is 18.2 Å². The van der Waals surface area contributed by atoms with Crippen LogP contribution in [0.1, 0.15) is 24.3 Å². The molecular weight excluding hydrogens is 228 g/mol. The van der Waals surface area contributed by atoms with Gasteiger partial charge in [0.25, 0.3) is 0 Å². The number of amides is 1. The largest absolute Gasteiger partial charge is 0.351 e. The number of Topliss-reactive ketones (excluding diaryl/α,β-unsaturated/α-hetero) is 1. The molecule has 2 unspecified atom stereocenters. The molecule has 4 nitrogen and oxygen atoms in total. The molecule has 1 saturated carbocycles. The average Bonchev–Trinajstić information content (AvgIpc) is 3.01. The zero-order valence-electron chi connectivity index (χ0n) is 10.1. The Morgan fingerprint density at radius 3 is 2.72 bits per heavy atom. The van der Waals surface area contributed by atoms with Gasteiger partial charge in [-0.15, -0.1) is 0 Å². The molecule has 0 spiro atoms. The van der Waals surface area contributed by atoms with Crippen molar-refractivity contribution < 1.29 is 9.59 Å². The predicted octanol–water partition coefficient (Wildman–Crippen LogP) is 0.590. The molecule has 1 amide bonds. The minimum atomic E-state index is -0.623. The number of rotatable bonds is 3. The van der Waals surface area contributed by atoms with Crippen molar-refractivity contribution in [2.24, 2.45) is 0 Å². The summed E-state index contributed by atoms with van der Waals surface area (Å²) in [6.07, 6.45) is 1.43. The number of hydrogen-bond donors (Lipinski definition) is 2. The number of ketones is 1. The van der Waals surface area contributed by atoms with Crippen LogP contribution in [0.2, 0.25) is 0 Å². The van der Waals surface area contributed by atoms with Gasteiger partial charge in [-0.25, -0.2) is 0 Å². The molecule has 1 aliphatic carbocycles. The third-order valence-electron chi connectivity index (χ3n) is 3.65. The van der Waals surface area contributed by atoms with E-state index in [9.17, 15) is 9.59 Å². The number of carbonyl (C=O) groups is 2. The minimum absolute atomic E-state index is 0.00408. The summed E-state index contributed by atoms with van der Waals surface area (Å²) in [6, 6.07) is 9.73. The summed E-state index contributed by atoms with van der Waals surface area (Å²) in [6.45, 7) is 0.615. The highest BCUT2D eigenvalue weighted by Crippen LogP contribution is 2.40. The number of carbonyl (C=O) groups excluding carboxylic acids is 2. The van der Waals surface area contributed by atoms with Gasteiger partial charge in [-0.3, -0.25) is 14.9 Å². The first-order chi connectivity index (χ1) is 8.75. The van der Waals surface area contributed by atoms with E-state index in [-0.39, 0.29) is 17.7 Å². The highest BCUT2D eigenvalue weighted by molar-refractivity contribution is 6.07. The summed E-state index contributed by atoms with van der Waals surface area (Å²) < 4.78 is 0. The fourth-order valence-corrected chi connectivity index (χ4v) is 2.53. The normalized spacial score (nSPS) is 30.2. The van der Waals surface area contributed by atoms with Crippen molar-refractivity contribution in [3.05, 3.63) is 35.9 Å². The molecule has 0 bridgehead atoms. The van der Waals surface area contributed by atoms with E-state index in [2.05, 4.69) is 22.8 Å². The van der Waals surface area contributed by atoms with Crippen LogP contribution in [0.5, 0.6) is 0 Å². The smallest absolute Gasteiger partial charge is 0.245 e. The van der Waals surface area contributed by atoms with Crippen molar-refractivity contribution in [3.63, 3.8) is 0 Å². The summed E-state index contributed by atoms with van der Waals surface area (Å²) in [5.74, 6) is 0.247. The summed E-state index contributed by atoms with van der Waals surface area (Å²) in [5.41, 5.74) is 1.26. The predicted molar refractivity (Wildman–Crippen MR) is 67.1 cm³/mol. The van der Waals surface area contributed by atoms with Crippen LogP contribution < -0.4 is 10.6 Å². The van der Waals surface area contributed by atoms with Crippen molar-refractivity contribution in [1.29, 1.82) is 0 Å². The topological polar surface area (TPSA) is 58.2 Å². The second-order valence-corrected chi connectivity index (χ2v) is 4.97. The summed E-state index contributed by atoms with van der Waals surface area (Å²) >= 11 is 0. The second kappa shape index (κ2) is 4.53. The van der Waals surface area contributed by atoms with Crippen LogP contribution in [0.4, 0.5) is 0 Å². The van der Waals surface area contributed by atoms with E-state index in [4.69, 9.17) is 0 Å². The second-order valence-electron chi connectivity index (χ2n) is 4.97. The van der Waals surface area contributed by atoms with Crippen LogP contribution in [0.3, 0.4) is 0 Å². The van der Waals surface area contributed by atoms with Gasteiger partial charge in [0.15, 0.2) is 5.78 Å². The molecular formula is C14H16N2O2. The van der Waals surface area contributed by atoms with Gasteiger partial charge in [0.1, 0.15) is 6.04 Å². The molecule has 1 saturated heterocycles. The Balaban J connectivity index is 1.57. The van der Waals surface area contributed by atoms with Gasteiger partial charge in [0.05, 0.1) is 0 Å². The molecule has 3 atom stereocenters. The van der Waals surface area contributed by atoms with Gasteiger partial charge in [-0.1, -0.05) is 30.3 Å². The third-order valence-corrected chi connectivity index (χ3v) is 3.65. The van der Waals surface area contributed by atoms with E-state index in [1.165, 1.54) is 5.56 Å². The molecule has 0 aromatic heterocycles. The lowest BCUT2D eigenvalue weighted by molar-refractivity contribution is -0.129. The average molecular weight is 244 g/mol. The summed E-state index contributed by atoms with van der Waals surface area (Å²) in [7, 11) is 0. The fraction of sp³-hybridized carbons (Fsp3) is 0.429. The van der Waals surface area contributed by atoms with Crippen molar-refractivity contribution >= 4 is 11.7 Å². The van der Waals surface area contributed by atoms with Gasteiger partial charge in [-0.05, 0) is 12.0 Å². The van der Waals surface area contributed by atoms with Crippen LogP contribution in [0.25, 0.3) is 0 Å². The zero-order valence-corrected chi connectivity index (χ0v) is 10.1. The molecule has 2 fully saturated rings. The molecule has 1 aromatic carbocycles. The molecule has 3 rings (SSSR count). The van der Waals surface area contributed by atoms with Crippen LogP contribution in [-0.2, 0) is 9.59 Å². The van der Waals surface area contributed by atoms with Gasteiger partial charge in [0, 0.05) is 24.9 Å². The first-order valence-corrected chi connectivity index (χ1v) is 6.37. The lowest BCUT2D eigenvalue weighted by Crippen LogP contribution is -2.45. The molecule has 18 heavy (non-hydrogen) atoms. The quantitative estimate of drug-likeness (QED) is 0.765. The molecule has 1 aromatic rings. The summed E-state index contributed by atoms with van der Waals surface area (Å²) in [4.78, 5) is 23.3. The Labute approximate surface area is 106 Å². The lowest BCUT2D eigenvalue weighted by Gasteiger charge is -2.09. The Bertz CT molecular complexity index is 472. The number of nitrogens with one attached hydrogen (secondary N) is 2. The van der Waals surface area contributed by atoms with E-state index < -0.39 is 6.04 Å². The van der Waals surface area contributed by atoms with Gasteiger partial charge in [0.2, 0.25) is 5.91 Å². The third kappa shape index (κ3) is 2.16. The highest BCUT2D eigenvalue weighted by Gasteiger charge is 2.41. The maximum absolute atomic E-state index is 11.9.